The Morgan fingerprint density at radius 3 is 2.86 bits per heavy atom. The van der Waals surface area contributed by atoms with Crippen LogP contribution in [-0.4, -0.2) is 34.1 Å². The second-order valence-electron chi connectivity index (χ2n) is 5.11. The first-order chi connectivity index (χ1) is 10.2. The Hall–Kier alpha value is -1.95. The van der Waals surface area contributed by atoms with Crippen LogP contribution in [0.5, 0.6) is 0 Å². The summed E-state index contributed by atoms with van der Waals surface area (Å²) >= 11 is 1.66. The van der Waals surface area contributed by atoms with Crippen LogP contribution in [0, 0.1) is 6.92 Å². The zero-order chi connectivity index (χ0) is 14.7. The van der Waals surface area contributed by atoms with E-state index in [1.54, 1.807) is 35.8 Å². The van der Waals surface area contributed by atoms with Crippen LogP contribution in [0.15, 0.2) is 28.9 Å². The monoisotopic (exact) mass is 303 g/mol. The van der Waals surface area contributed by atoms with E-state index in [4.69, 9.17) is 4.42 Å². The highest BCUT2D eigenvalue weighted by atomic mass is 32.1. The Labute approximate surface area is 127 Å². The molecule has 2 aromatic rings. The molecule has 0 bridgehead atoms. The number of likely N-dealkylation sites (tertiary alicyclic amines) is 1. The molecule has 0 N–H and O–H groups in total. The molecular formula is C15H17N3O2S. The van der Waals surface area contributed by atoms with Crippen LogP contribution in [0.4, 0.5) is 0 Å². The lowest BCUT2D eigenvalue weighted by atomic mass is 9.97. The predicted molar refractivity (Wildman–Crippen MR) is 80.9 cm³/mol. The number of amides is 1. The van der Waals surface area contributed by atoms with Gasteiger partial charge in [0.25, 0.3) is 0 Å². The molecule has 3 rings (SSSR count). The standard InChI is InChI=1S/C15H17N3O2S/c1-11-16-17-15(21-11)12-6-8-18(9-7-12)14(19)5-4-13-3-2-10-20-13/h2-5,10,12H,6-9H2,1H3. The van der Waals surface area contributed by atoms with Crippen LogP contribution in [0.2, 0.25) is 0 Å². The highest BCUT2D eigenvalue weighted by Gasteiger charge is 2.24. The predicted octanol–water partition coefficient (Wildman–Crippen LogP) is 2.86. The molecule has 0 unspecified atom stereocenters. The van der Waals surface area contributed by atoms with Crippen molar-refractivity contribution < 1.29 is 9.21 Å². The van der Waals surface area contributed by atoms with Crippen molar-refractivity contribution in [2.75, 3.05) is 13.1 Å². The lowest BCUT2D eigenvalue weighted by Gasteiger charge is -2.30. The fourth-order valence-corrected chi connectivity index (χ4v) is 3.34. The van der Waals surface area contributed by atoms with Gasteiger partial charge in [-0.1, -0.05) is 0 Å². The molecule has 1 amide bonds. The molecule has 1 aliphatic rings. The summed E-state index contributed by atoms with van der Waals surface area (Å²) in [6, 6.07) is 3.63. The van der Waals surface area contributed by atoms with Crippen molar-refractivity contribution in [1.29, 1.82) is 0 Å². The minimum Gasteiger partial charge on any atom is -0.465 e. The van der Waals surface area contributed by atoms with Gasteiger partial charge in [0, 0.05) is 25.1 Å². The van der Waals surface area contributed by atoms with Gasteiger partial charge in [-0.2, -0.15) is 0 Å². The number of aryl methyl sites for hydroxylation is 1. The lowest BCUT2D eigenvalue weighted by Crippen LogP contribution is -2.36. The van der Waals surface area contributed by atoms with E-state index < -0.39 is 0 Å². The minimum atomic E-state index is 0.0401. The zero-order valence-corrected chi connectivity index (χ0v) is 12.7. The summed E-state index contributed by atoms with van der Waals surface area (Å²) in [5.74, 6) is 1.18. The van der Waals surface area contributed by atoms with Crippen LogP contribution < -0.4 is 0 Å². The van der Waals surface area contributed by atoms with Crippen LogP contribution >= 0.6 is 11.3 Å². The average molecular weight is 303 g/mol. The summed E-state index contributed by atoms with van der Waals surface area (Å²) in [4.78, 5) is 14.0. The summed E-state index contributed by atoms with van der Waals surface area (Å²) in [6.07, 6.45) is 6.79. The summed E-state index contributed by atoms with van der Waals surface area (Å²) in [5, 5.41) is 10.4. The zero-order valence-electron chi connectivity index (χ0n) is 11.9. The van der Waals surface area contributed by atoms with E-state index >= 15 is 0 Å². The first-order valence-electron chi connectivity index (χ1n) is 7.03. The Morgan fingerprint density at radius 1 is 1.43 bits per heavy atom. The van der Waals surface area contributed by atoms with Gasteiger partial charge in [0.15, 0.2) is 0 Å². The van der Waals surface area contributed by atoms with Crippen molar-refractivity contribution in [3.8, 4) is 0 Å². The number of hydrogen-bond acceptors (Lipinski definition) is 5. The number of carbonyl (C=O) groups excluding carboxylic acids is 1. The Kier molecular flexibility index (Phi) is 4.15. The maximum atomic E-state index is 12.1. The van der Waals surface area contributed by atoms with Gasteiger partial charge >= 0.3 is 0 Å². The van der Waals surface area contributed by atoms with Crippen molar-refractivity contribution in [3.63, 3.8) is 0 Å². The topological polar surface area (TPSA) is 59.2 Å². The summed E-state index contributed by atoms with van der Waals surface area (Å²) in [7, 11) is 0. The molecule has 6 heteroatoms. The fraction of sp³-hybridized carbons (Fsp3) is 0.400. The van der Waals surface area contributed by atoms with Gasteiger partial charge < -0.3 is 9.32 Å². The second-order valence-corrected chi connectivity index (χ2v) is 6.32. The molecule has 110 valence electrons. The number of carbonyl (C=O) groups is 1. The van der Waals surface area contributed by atoms with E-state index in [0.717, 1.165) is 35.9 Å². The minimum absolute atomic E-state index is 0.0401. The SMILES string of the molecule is Cc1nnc(C2CCN(C(=O)C=Cc3ccco3)CC2)s1. The number of aromatic nitrogens is 2. The first-order valence-corrected chi connectivity index (χ1v) is 7.84. The maximum absolute atomic E-state index is 12.1. The third-order valence-electron chi connectivity index (χ3n) is 3.63. The van der Waals surface area contributed by atoms with Crippen molar-refractivity contribution >= 4 is 23.3 Å². The highest BCUT2D eigenvalue weighted by molar-refractivity contribution is 7.11. The summed E-state index contributed by atoms with van der Waals surface area (Å²) in [5.41, 5.74) is 0. The molecule has 1 saturated heterocycles. The molecule has 0 aromatic carbocycles. The van der Waals surface area contributed by atoms with E-state index in [1.807, 2.05) is 17.9 Å². The average Bonchev–Trinajstić information content (AvgIpc) is 3.16. The van der Waals surface area contributed by atoms with Gasteiger partial charge in [0.1, 0.15) is 15.8 Å². The molecule has 21 heavy (non-hydrogen) atoms. The highest BCUT2D eigenvalue weighted by Crippen LogP contribution is 2.29. The Morgan fingerprint density at radius 2 is 2.24 bits per heavy atom. The molecule has 5 nitrogen and oxygen atoms in total. The third-order valence-corrected chi connectivity index (χ3v) is 4.63. The molecule has 1 aliphatic heterocycles. The Balaban J connectivity index is 1.54. The first kappa shape index (κ1) is 14.0. The summed E-state index contributed by atoms with van der Waals surface area (Å²) < 4.78 is 5.18. The molecule has 0 spiro atoms. The third kappa shape index (κ3) is 3.39. The normalized spacial score (nSPS) is 16.7. The second kappa shape index (κ2) is 6.22. The number of nitrogens with zero attached hydrogens (tertiary/aromatic N) is 3. The van der Waals surface area contributed by atoms with Gasteiger partial charge in [0.05, 0.1) is 6.26 Å². The summed E-state index contributed by atoms with van der Waals surface area (Å²) in [6.45, 7) is 3.51. The van der Waals surface area contributed by atoms with Gasteiger partial charge in [0.2, 0.25) is 5.91 Å². The van der Waals surface area contributed by atoms with Crippen LogP contribution in [0.1, 0.15) is 34.5 Å². The van der Waals surface area contributed by atoms with Gasteiger partial charge in [-0.3, -0.25) is 4.79 Å². The largest absolute Gasteiger partial charge is 0.465 e. The fourth-order valence-electron chi connectivity index (χ4n) is 2.47. The van der Waals surface area contributed by atoms with Crippen LogP contribution in [-0.2, 0) is 4.79 Å². The lowest BCUT2D eigenvalue weighted by molar-refractivity contribution is -0.126. The quantitative estimate of drug-likeness (QED) is 0.818. The molecule has 3 heterocycles. The van der Waals surface area contributed by atoms with E-state index in [0.29, 0.717) is 11.7 Å². The van der Waals surface area contributed by atoms with Gasteiger partial charge in [-0.15, -0.1) is 21.5 Å². The van der Waals surface area contributed by atoms with Crippen LogP contribution in [0.25, 0.3) is 6.08 Å². The molecule has 1 fully saturated rings. The number of hydrogen-bond donors (Lipinski definition) is 0. The van der Waals surface area contributed by atoms with Crippen molar-refractivity contribution in [1.82, 2.24) is 15.1 Å². The van der Waals surface area contributed by atoms with Gasteiger partial charge in [-0.05, 0) is 38.0 Å². The molecule has 0 atom stereocenters. The maximum Gasteiger partial charge on any atom is 0.246 e. The number of furan rings is 1. The molecule has 0 saturated carbocycles. The van der Waals surface area contributed by atoms with Crippen molar-refractivity contribution in [2.24, 2.45) is 0 Å². The van der Waals surface area contributed by atoms with E-state index in [1.165, 1.54) is 0 Å². The van der Waals surface area contributed by atoms with Crippen molar-refractivity contribution in [3.05, 3.63) is 40.2 Å². The van der Waals surface area contributed by atoms with E-state index in [9.17, 15) is 4.79 Å². The number of rotatable bonds is 3. The van der Waals surface area contributed by atoms with E-state index in [-0.39, 0.29) is 5.91 Å². The number of piperidine rings is 1. The van der Waals surface area contributed by atoms with Crippen LogP contribution in [0.3, 0.4) is 0 Å². The molecule has 2 aromatic heterocycles. The van der Waals surface area contributed by atoms with E-state index in [2.05, 4.69) is 10.2 Å². The Bertz CT molecular complexity index is 625. The molecule has 0 aliphatic carbocycles. The smallest absolute Gasteiger partial charge is 0.246 e. The van der Waals surface area contributed by atoms with Crippen molar-refractivity contribution in [2.45, 2.75) is 25.7 Å². The molecule has 0 radical (unpaired) electrons. The van der Waals surface area contributed by atoms with Gasteiger partial charge in [-0.25, -0.2) is 0 Å². The molecular weight excluding hydrogens is 286 g/mol.